The quantitative estimate of drug-likeness (QED) is 0.815. The largest absolute Gasteiger partial charge is 0.354 e. The van der Waals surface area contributed by atoms with Crippen LogP contribution < -0.4 is 10.6 Å². The highest BCUT2D eigenvalue weighted by Gasteiger charge is 2.28. The van der Waals surface area contributed by atoms with Gasteiger partial charge in [0.2, 0.25) is 5.91 Å². The Kier molecular flexibility index (Phi) is 6.02. The smallest absolute Gasteiger partial charge is 0.217 e. The number of rotatable bonds is 5. The SMILES string of the molecule is CCS[C@H]1CC[C@H](NC2CCC(NC(C)=O)CC2)C1. The van der Waals surface area contributed by atoms with E-state index in [0.29, 0.717) is 12.1 Å². The van der Waals surface area contributed by atoms with Crippen molar-refractivity contribution in [2.45, 2.75) is 82.2 Å². The Balaban J connectivity index is 1.64. The molecule has 110 valence electrons. The maximum absolute atomic E-state index is 11.0. The van der Waals surface area contributed by atoms with E-state index in [1.807, 2.05) is 0 Å². The van der Waals surface area contributed by atoms with E-state index in [1.54, 1.807) is 6.92 Å². The van der Waals surface area contributed by atoms with Gasteiger partial charge in [0.05, 0.1) is 0 Å². The summed E-state index contributed by atoms with van der Waals surface area (Å²) in [5.41, 5.74) is 0. The van der Waals surface area contributed by atoms with Crippen LogP contribution in [0.5, 0.6) is 0 Å². The third kappa shape index (κ3) is 4.99. The average molecular weight is 284 g/mol. The lowest BCUT2D eigenvalue weighted by Gasteiger charge is -2.31. The van der Waals surface area contributed by atoms with E-state index in [0.717, 1.165) is 24.1 Å². The second-order valence-electron chi connectivity index (χ2n) is 6.00. The van der Waals surface area contributed by atoms with Gasteiger partial charge in [-0.2, -0.15) is 11.8 Å². The average Bonchev–Trinajstić information content (AvgIpc) is 2.79. The van der Waals surface area contributed by atoms with Crippen LogP contribution in [-0.2, 0) is 4.79 Å². The molecule has 2 N–H and O–H groups in total. The first-order chi connectivity index (χ1) is 9.17. The minimum absolute atomic E-state index is 0.117. The van der Waals surface area contributed by atoms with Crippen molar-refractivity contribution < 1.29 is 4.79 Å². The van der Waals surface area contributed by atoms with Crippen molar-refractivity contribution in [3.63, 3.8) is 0 Å². The summed E-state index contributed by atoms with van der Waals surface area (Å²) < 4.78 is 0. The Bertz CT molecular complexity index is 290. The summed E-state index contributed by atoms with van der Waals surface area (Å²) in [6, 6.07) is 1.84. The van der Waals surface area contributed by atoms with E-state index in [2.05, 4.69) is 29.3 Å². The lowest BCUT2D eigenvalue weighted by molar-refractivity contribution is -0.119. The van der Waals surface area contributed by atoms with Gasteiger partial charge in [0.25, 0.3) is 0 Å². The number of hydrogen-bond acceptors (Lipinski definition) is 3. The molecule has 0 aromatic rings. The Morgan fingerprint density at radius 1 is 1.05 bits per heavy atom. The molecule has 0 unspecified atom stereocenters. The van der Waals surface area contributed by atoms with Gasteiger partial charge in [0.15, 0.2) is 0 Å². The van der Waals surface area contributed by atoms with Crippen LogP contribution in [0.1, 0.15) is 58.8 Å². The normalized spacial score (nSPS) is 35.3. The number of nitrogens with one attached hydrogen (secondary N) is 2. The van der Waals surface area contributed by atoms with E-state index >= 15 is 0 Å². The van der Waals surface area contributed by atoms with Crippen molar-refractivity contribution in [3.8, 4) is 0 Å². The van der Waals surface area contributed by atoms with Gasteiger partial charge < -0.3 is 10.6 Å². The summed E-state index contributed by atoms with van der Waals surface area (Å²) >= 11 is 2.12. The minimum Gasteiger partial charge on any atom is -0.354 e. The summed E-state index contributed by atoms with van der Waals surface area (Å²) in [5.74, 6) is 1.37. The van der Waals surface area contributed by atoms with Crippen molar-refractivity contribution >= 4 is 17.7 Å². The zero-order valence-corrected chi connectivity index (χ0v) is 13.1. The molecule has 2 atom stereocenters. The van der Waals surface area contributed by atoms with E-state index < -0.39 is 0 Å². The van der Waals surface area contributed by atoms with Crippen LogP contribution in [0.2, 0.25) is 0 Å². The van der Waals surface area contributed by atoms with E-state index in [9.17, 15) is 4.79 Å². The first kappa shape index (κ1) is 15.2. The molecule has 0 aromatic heterocycles. The maximum Gasteiger partial charge on any atom is 0.217 e. The highest BCUT2D eigenvalue weighted by molar-refractivity contribution is 7.99. The molecule has 0 aliphatic heterocycles. The molecule has 2 fully saturated rings. The summed E-state index contributed by atoms with van der Waals surface area (Å²) in [5, 5.41) is 7.79. The monoisotopic (exact) mass is 284 g/mol. The van der Waals surface area contributed by atoms with Crippen LogP contribution >= 0.6 is 11.8 Å². The van der Waals surface area contributed by atoms with Gasteiger partial charge in [0.1, 0.15) is 0 Å². The summed E-state index contributed by atoms with van der Waals surface area (Å²) in [4.78, 5) is 11.0. The molecule has 4 heteroatoms. The Morgan fingerprint density at radius 2 is 1.68 bits per heavy atom. The maximum atomic E-state index is 11.0. The Hall–Kier alpha value is -0.220. The molecule has 1 amide bonds. The first-order valence-corrected chi connectivity index (χ1v) is 8.87. The highest BCUT2D eigenvalue weighted by Crippen LogP contribution is 2.31. The molecular weight excluding hydrogens is 256 g/mol. The Morgan fingerprint density at radius 3 is 2.32 bits per heavy atom. The van der Waals surface area contributed by atoms with Crippen molar-refractivity contribution in [1.82, 2.24) is 10.6 Å². The molecule has 0 aromatic carbocycles. The summed E-state index contributed by atoms with van der Waals surface area (Å²) in [6.07, 6.45) is 8.79. The molecule has 2 aliphatic carbocycles. The number of amides is 1. The fourth-order valence-electron chi connectivity index (χ4n) is 3.50. The molecule has 0 bridgehead atoms. The highest BCUT2D eigenvalue weighted by atomic mass is 32.2. The summed E-state index contributed by atoms with van der Waals surface area (Å²) in [6.45, 7) is 3.88. The first-order valence-electron chi connectivity index (χ1n) is 7.82. The minimum atomic E-state index is 0.117. The number of carbonyl (C=O) groups is 1. The number of hydrogen-bond donors (Lipinski definition) is 2. The zero-order valence-electron chi connectivity index (χ0n) is 12.3. The van der Waals surface area contributed by atoms with Crippen LogP contribution in [-0.4, -0.2) is 35.0 Å². The predicted octanol–water partition coefficient (Wildman–Crippen LogP) is 2.70. The zero-order chi connectivity index (χ0) is 13.7. The van der Waals surface area contributed by atoms with Gasteiger partial charge >= 0.3 is 0 Å². The van der Waals surface area contributed by atoms with Gasteiger partial charge in [-0.25, -0.2) is 0 Å². The van der Waals surface area contributed by atoms with Crippen molar-refractivity contribution in [1.29, 1.82) is 0 Å². The fourth-order valence-corrected chi connectivity index (χ4v) is 4.65. The van der Waals surface area contributed by atoms with Crippen molar-refractivity contribution in [2.24, 2.45) is 0 Å². The van der Waals surface area contributed by atoms with E-state index in [4.69, 9.17) is 0 Å². The summed E-state index contributed by atoms with van der Waals surface area (Å²) in [7, 11) is 0. The van der Waals surface area contributed by atoms with Gasteiger partial charge in [-0.1, -0.05) is 6.92 Å². The molecule has 0 spiro atoms. The van der Waals surface area contributed by atoms with Crippen molar-refractivity contribution in [3.05, 3.63) is 0 Å². The molecular formula is C15H28N2OS. The van der Waals surface area contributed by atoms with Gasteiger partial charge in [0, 0.05) is 30.3 Å². The molecule has 0 heterocycles. The third-order valence-corrected chi connectivity index (χ3v) is 5.63. The van der Waals surface area contributed by atoms with Crippen LogP contribution in [0, 0.1) is 0 Å². The fraction of sp³-hybridized carbons (Fsp3) is 0.933. The van der Waals surface area contributed by atoms with Crippen LogP contribution in [0.25, 0.3) is 0 Å². The van der Waals surface area contributed by atoms with E-state index in [1.165, 1.54) is 37.9 Å². The van der Waals surface area contributed by atoms with Gasteiger partial charge in [-0.15, -0.1) is 0 Å². The van der Waals surface area contributed by atoms with Crippen LogP contribution in [0.3, 0.4) is 0 Å². The second-order valence-corrected chi connectivity index (χ2v) is 7.58. The molecule has 3 nitrogen and oxygen atoms in total. The standard InChI is InChI=1S/C15H28N2OS/c1-3-19-15-9-8-14(10-15)17-13-6-4-12(5-7-13)16-11(2)18/h12-15,17H,3-10H2,1-2H3,(H,16,18)/t12?,13?,14-,15-/m0/s1. The number of thioether (sulfide) groups is 1. The van der Waals surface area contributed by atoms with Gasteiger partial charge in [-0.3, -0.25) is 4.79 Å². The molecule has 2 saturated carbocycles. The second kappa shape index (κ2) is 7.53. The molecule has 0 saturated heterocycles. The predicted molar refractivity (Wildman–Crippen MR) is 82.6 cm³/mol. The third-order valence-electron chi connectivity index (χ3n) is 4.39. The van der Waals surface area contributed by atoms with Gasteiger partial charge in [-0.05, 0) is 50.7 Å². The lowest BCUT2D eigenvalue weighted by Crippen LogP contribution is -2.44. The Labute approximate surface area is 121 Å². The number of carbonyl (C=O) groups excluding carboxylic acids is 1. The molecule has 0 radical (unpaired) electrons. The van der Waals surface area contributed by atoms with E-state index in [-0.39, 0.29) is 5.91 Å². The molecule has 2 aliphatic rings. The molecule has 2 rings (SSSR count). The van der Waals surface area contributed by atoms with Crippen LogP contribution in [0.4, 0.5) is 0 Å². The van der Waals surface area contributed by atoms with Crippen molar-refractivity contribution in [2.75, 3.05) is 5.75 Å². The topological polar surface area (TPSA) is 41.1 Å². The van der Waals surface area contributed by atoms with Crippen LogP contribution in [0.15, 0.2) is 0 Å². The lowest BCUT2D eigenvalue weighted by atomic mass is 9.90. The molecule has 19 heavy (non-hydrogen) atoms.